The normalized spacial score (nSPS) is 14.7. The van der Waals surface area contributed by atoms with Gasteiger partial charge in [0.05, 0.1) is 24.3 Å². The number of carbonyl (C=O) groups excluding carboxylic acids is 2. The van der Waals surface area contributed by atoms with Gasteiger partial charge in [0, 0.05) is 38.6 Å². The maximum atomic E-state index is 13.9. The fraction of sp³-hybridized carbons (Fsp3) is 0.545. The van der Waals surface area contributed by atoms with E-state index in [1.54, 1.807) is 23.4 Å². The number of hydrogen-bond acceptors (Lipinski definition) is 10. The smallest absolute Gasteiger partial charge is 0.365 e. The fourth-order valence-electron chi connectivity index (χ4n) is 3.91. The van der Waals surface area contributed by atoms with E-state index < -0.39 is 29.6 Å². The zero-order valence-corrected chi connectivity index (χ0v) is 20.4. The van der Waals surface area contributed by atoms with Gasteiger partial charge in [-0.3, -0.25) is 25.6 Å². The summed E-state index contributed by atoms with van der Waals surface area (Å²) in [6.45, 7) is 3.12. The molecule has 0 radical (unpaired) electrons. The van der Waals surface area contributed by atoms with E-state index in [0.717, 1.165) is 19.0 Å². The van der Waals surface area contributed by atoms with Crippen molar-refractivity contribution in [3.05, 3.63) is 30.4 Å². The Morgan fingerprint density at radius 3 is 2.46 bits per heavy atom. The van der Waals surface area contributed by atoms with Crippen molar-refractivity contribution in [1.82, 2.24) is 30.4 Å². The Kier molecular flexibility index (Phi) is 9.77. The molecule has 37 heavy (non-hydrogen) atoms. The molecule has 202 valence electrons. The highest BCUT2D eigenvalue weighted by atomic mass is 19.4. The zero-order chi connectivity index (χ0) is 26.8. The van der Waals surface area contributed by atoms with Gasteiger partial charge in [-0.2, -0.15) is 13.2 Å². The number of carbonyl (C=O) groups is 2. The molecule has 2 aromatic rings. The van der Waals surface area contributed by atoms with E-state index in [1.807, 2.05) is 11.8 Å². The Morgan fingerprint density at radius 1 is 1.16 bits per heavy atom. The summed E-state index contributed by atoms with van der Waals surface area (Å²) in [6.07, 6.45) is 2.48. The molecule has 0 aliphatic carbocycles. The molecular formula is C22H30F3N9O3. The number of piperazine rings is 1. The molecule has 1 fully saturated rings. The summed E-state index contributed by atoms with van der Waals surface area (Å²) in [5, 5.41) is 9.84. The number of anilines is 3. The first kappa shape index (κ1) is 27.8. The second-order valence-electron chi connectivity index (χ2n) is 8.48. The number of hydrazine groups is 1. The molecule has 0 bridgehead atoms. The second kappa shape index (κ2) is 13.0. The molecule has 12 nitrogen and oxygen atoms in total. The zero-order valence-electron chi connectivity index (χ0n) is 20.4. The summed E-state index contributed by atoms with van der Waals surface area (Å²) in [5.41, 5.74) is 3.31. The van der Waals surface area contributed by atoms with Crippen molar-refractivity contribution in [3.63, 3.8) is 0 Å². The van der Waals surface area contributed by atoms with E-state index in [1.165, 1.54) is 0 Å². The van der Waals surface area contributed by atoms with Crippen LogP contribution in [-0.2, 0) is 15.8 Å². The summed E-state index contributed by atoms with van der Waals surface area (Å²) in [5.74, 6) is -1.32. The second-order valence-corrected chi connectivity index (χ2v) is 8.48. The van der Waals surface area contributed by atoms with Crippen LogP contribution in [-0.4, -0.2) is 75.2 Å². The van der Waals surface area contributed by atoms with E-state index in [4.69, 9.17) is 0 Å². The van der Waals surface area contributed by atoms with Crippen molar-refractivity contribution < 1.29 is 28.0 Å². The minimum absolute atomic E-state index is 0.169. The molecule has 0 spiro atoms. The van der Waals surface area contributed by atoms with Gasteiger partial charge < -0.3 is 9.80 Å². The third kappa shape index (κ3) is 7.87. The van der Waals surface area contributed by atoms with Gasteiger partial charge in [0.2, 0.25) is 24.2 Å². The number of hydroxylamine groups is 2. The van der Waals surface area contributed by atoms with E-state index in [9.17, 15) is 28.0 Å². The average molecular weight is 526 g/mol. The number of halogens is 3. The van der Waals surface area contributed by atoms with Crippen molar-refractivity contribution in [2.45, 2.75) is 38.8 Å². The SMILES string of the molecule is CCCCCC(CN(O)C=O)C(=O)NNc1ncc(N2CCN(c3ncccn3)CC2)c(C(F)(F)F)n1. The summed E-state index contributed by atoms with van der Waals surface area (Å²) >= 11 is 0. The minimum Gasteiger partial charge on any atom is -0.365 e. The molecule has 1 saturated heterocycles. The fourth-order valence-corrected chi connectivity index (χ4v) is 3.91. The standard InChI is InChI=1S/C22H30F3N9O3/c1-2-3-4-6-16(14-34(37)15-35)19(36)30-31-20-28-13-17(18(29-20)22(23,24)25)32-9-11-33(12-10-32)21-26-7-5-8-27-21/h5,7-8,13,15-16,37H,2-4,6,9-12,14H2,1H3,(H,30,36)(H,28,29,31). The highest BCUT2D eigenvalue weighted by Gasteiger charge is 2.38. The van der Waals surface area contributed by atoms with Gasteiger partial charge in [-0.1, -0.05) is 26.2 Å². The summed E-state index contributed by atoms with van der Waals surface area (Å²) in [4.78, 5) is 42.7. The predicted molar refractivity (Wildman–Crippen MR) is 127 cm³/mol. The lowest BCUT2D eigenvalue weighted by Gasteiger charge is -2.36. The lowest BCUT2D eigenvalue weighted by Crippen LogP contribution is -2.47. The van der Waals surface area contributed by atoms with Gasteiger partial charge in [-0.05, 0) is 12.5 Å². The Balaban J connectivity index is 1.67. The van der Waals surface area contributed by atoms with Gasteiger partial charge in [0.15, 0.2) is 5.69 Å². The molecule has 1 aliphatic rings. The Bertz CT molecular complexity index is 1020. The maximum absolute atomic E-state index is 13.9. The monoisotopic (exact) mass is 525 g/mol. The van der Waals surface area contributed by atoms with Crippen LogP contribution in [0.4, 0.5) is 30.8 Å². The molecule has 15 heteroatoms. The van der Waals surface area contributed by atoms with E-state index in [0.29, 0.717) is 36.9 Å². The summed E-state index contributed by atoms with van der Waals surface area (Å²) in [6, 6.07) is 1.68. The molecule has 1 aliphatic heterocycles. The topological polar surface area (TPSA) is 140 Å². The lowest BCUT2D eigenvalue weighted by atomic mass is 10.0. The predicted octanol–water partition coefficient (Wildman–Crippen LogP) is 2.10. The van der Waals surface area contributed by atoms with Crippen LogP contribution >= 0.6 is 0 Å². The largest absolute Gasteiger partial charge is 0.435 e. The van der Waals surface area contributed by atoms with E-state index >= 15 is 0 Å². The molecule has 2 aromatic heterocycles. The molecule has 3 heterocycles. The van der Waals surface area contributed by atoms with Crippen molar-refractivity contribution in [3.8, 4) is 0 Å². The van der Waals surface area contributed by atoms with Crippen molar-refractivity contribution in [2.75, 3.05) is 47.9 Å². The number of amides is 2. The van der Waals surface area contributed by atoms with Crippen LogP contribution in [0.5, 0.6) is 0 Å². The molecule has 3 N–H and O–H groups in total. The van der Waals surface area contributed by atoms with Crippen LogP contribution in [0, 0.1) is 5.92 Å². The van der Waals surface area contributed by atoms with Gasteiger partial charge in [-0.25, -0.2) is 25.0 Å². The number of rotatable bonds is 12. The molecule has 0 aromatic carbocycles. The van der Waals surface area contributed by atoms with Crippen LogP contribution in [0.3, 0.4) is 0 Å². The van der Waals surface area contributed by atoms with Crippen molar-refractivity contribution >= 4 is 29.9 Å². The molecule has 2 amide bonds. The molecule has 1 unspecified atom stereocenters. The first-order valence-corrected chi connectivity index (χ1v) is 11.9. The van der Waals surface area contributed by atoms with Gasteiger partial charge in [-0.15, -0.1) is 0 Å². The van der Waals surface area contributed by atoms with Crippen LogP contribution in [0.25, 0.3) is 0 Å². The molecule has 3 rings (SSSR count). The van der Waals surface area contributed by atoms with Gasteiger partial charge >= 0.3 is 6.18 Å². The molecule has 1 atom stereocenters. The first-order chi connectivity index (χ1) is 17.7. The third-order valence-electron chi connectivity index (χ3n) is 5.85. The number of alkyl halides is 3. The highest BCUT2D eigenvalue weighted by molar-refractivity contribution is 5.80. The Morgan fingerprint density at radius 2 is 1.84 bits per heavy atom. The Labute approximate surface area is 211 Å². The molecular weight excluding hydrogens is 495 g/mol. The first-order valence-electron chi connectivity index (χ1n) is 11.9. The number of hydrogen-bond donors (Lipinski definition) is 3. The van der Waals surface area contributed by atoms with Crippen LogP contribution in [0.15, 0.2) is 24.7 Å². The van der Waals surface area contributed by atoms with Crippen LogP contribution < -0.4 is 20.7 Å². The summed E-state index contributed by atoms with van der Waals surface area (Å²) in [7, 11) is 0. The highest BCUT2D eigenvalue weighted by Crippen LogP contribution is 2.35. The van der Waals surface area contributed by atoms with Crippen molar-refractivity contribution in [1.29, 1.82) is 0 Å². The van der Waals surface area contributed by atoms with E-state index in [-0.39, 0.29) is 31.7 Å². The van der Waals surface area contributed by atoms with Crippen molar-refractivity contribution in [2.24, 2.45) is 5.92 Å². The quantitative estimate of drug-likeness (QED) is 0.163. The summed E-state index contributed by atoms with van der Waals surface area (Å²) < 4.78 is 41.6. The lowest BCUT2D eigenvalue weighted by molar-refractivity contribution is -0.154. The van der Waals surface area contributed by atoms with Crippen LogP contribution in [0.1, 0.15) is 38.3 Å². The maximum Gasteiger partial charge on any atom is 0.435 e. The number of nitrogens with zero attached hydrogens (tertiary/aromatic N) is 7. The number of unbranched alkanes of at least 4 members (excludes halogenated alkanes) is 2. The van der Waals surface area contributed by atoms with Gasteiger partial charge in [0.25, 0.3) is 0 Å². The Hall–Kier alpha value is -3.75. The minimum atomic E-state index is -4.76. The van der Waals surface area contributed by atoms with Gasteiger partial charge in [0.1, 0.15) is 0 Å². The van der Waals surface area contributed by atoms with E-state index in [2.05, 4.69) is 30.8 Å². The number of nitrogens with one attached hydrogen (secondary N) is 2. The molecule has 0 saturated carbocycles. The average Bonchev–Trinajstić information content (AvgIpc) is 2.91. The number of aromatic nitrogens is 4. The third-order valence-corrected chi connectivity index (χ3v) is 5.85. The van der Waals surface area contributed by atoms with Crippen LogP contribution in [0.2, 0.25) is 0 Å².